The number of piperidine rings is 1. The quantitative estimate of drug-likeness (QED) is 0.894. The first kappa shape index (κ1) is 15.3. The standard InChI is InChI=1S/C12H16BrClN2.ClH/c13-10-2-1-9(12(14)7-10)8-16-5-3-11(15)4-6-16;/h1-2,7,11H,3-6,8,15H2;1H. The summed E-state index contributed by atoms with van der Waals surface area (Å²) in [5.41, 5.74) is 7.08. The number of hydrogen-bond acceptors (Lipinski definition) is 2. The molecule has 1 aliphatic heterocycles. The maximum Gasteiger partial charge on any atom is 0.0462 e. The van der Waals surface area contributed by atoms with Crippen LogP contribution in [0.15, 0.2) is 22.7 Å². The van der Waals surface area contributed by atoms with Gasteiger partial charge in [-0.25, -0.2) is 0 Å². The van der Waals surface area contributed by atoms with Crippen LogP contribution in [-0.2, 0) is 6.54 Å². The zero-order chi connectivity index (χ0) is 11.5. The summed E-state index contributed by atoms with van der Waals surface area (Å²) in [6.45, 7) is 3.08. The molecule has 0 unspecified atom stereocenters. The van der Waals surface area contributed by atoms with Gasteiger partial charge in [-0.2, -0.15) is 0 Å². The number of nitrogens with zero attached hydrogens (tertiary/aromatic N) is 1. The zero-order valence-electron chi connectivity index (χ0n) is 9.53. The van der Waals surface area contributed by atoms with Crippen LogP contribution in [0.2, 0.25) is 5.02 Å². The largest absolute Gasteiger partial charge is 0.328 e. The first-order valence-electron chi connectivity index (χ1n) is 5.57. The van der Waals surface area contributed by atoms with E-state index in [9.17, 15) is 0 Å². The van der Waals surface area contributed by atoms with E-state index in [0.717, 1.165) is 42.0 Å². The van der Waals surface area contributed by atoms with E-state index in [1.54, 1.807) is 0 Å². The molecule has 2 nitrogen and oxygen atoms in total. The third kappa shape index (κ3) is 4.42. The number of halogens is 3. The maximum atomic E-state index is 6.20. The Kier molecular flexibility index (Phi) is 6.24. The second kappa shape index (κ2) is 6.95. The van der Waals surface area contributed by atoms with Crippen molar-refractivity contribution >= 4 is 39.9 Å². The van der Waals surface area contributed by atoms with Gasteiger partial charge in [0.1, 0.15) is 0 Å². The highest BCUT2D eigenvalue weighted by atomic mass is 79.9. The smallest absolute Gasteiger partial charge is 0.0462 e. The van der Waals surface area contributed by atoms with Crippen molar-refractivity contribution in [2.75, 3.05) is 13.1 Å². The molecule has 2 N–H and O–H groups in total. The monoisotopic (exact) mass is 338 g/mol. The SMILES string of the molecule is Cl.NC1CCN(Cc2ccc(Br)cc2Cl)CC1. The topological polar surface area (TPSA) is 29.3 Å². The summed E-state index contributed by atoms with van der Waals surface area (Å²) in [5, 5.41) is 0.837. The van der Waals surface area contributed by atoms with Gasteiger partial charge in [-0.05, 0) is 43.6 Å². The van der Waals surface area contributed by atoms with Gasteiger partial charge in [0, 0.05) is 22.1 Å². The molecule has 1 aromatic rings. The van der Waals surface area contributed by atoms with E-state index in [0.29, 0.717) is 6.04 Å². The van der Waals surface area contributed by atoms with E-state index in [2.05, 4.69) is 26.9 Å². The Hall–Kier alpha value is 0.200. The molecule has 0 amide bonds. The van der Waals surface area contributed by atoms with E-state index >= 15 is 0 Å². The normalized spacial score (nSPS) is 17.8. The number of rotatable bonds is 2. The van der Waals surface area contributed by atoms with Crippen molar-refractivity contribution in [3.05, 3.63) is 33.3 Å². The van der Waals surface area contributed by atoms with Crippen LogP contribution in [0.4, 0.5) is 0 Å². The lowest BCUT2D eigenvalue weighted by Gasteiger charge is -2.30. The lowest BCUT2D eigenvalue weighted by atomic mass is 10.1. The van der Waals surface area contributed by atoms with Crippen LogP contribution < -0.4 is 5.73 Å². The average molecular weight is 340 g/mol. The second-order valence-electron chi connectivity index (χ2n) is 4.35. The van der Waals surface area contributed by atoms with Gasteiger partial charge in [0.2, 0.25) is 0 Å². The van der Waals surface area contributed by atoms with Crippen LogP contribution in [0.25, 0.3) is 0 Å². The molecule has 1 fully saturated rings. The number of benzene rings is 1. The molecule has 1 aliphatic rings. The zero-order valence-corrected chi connectivity index (χ0v) is 12.7. The van der Waals surface area contributed by atoms with Crippen molar-refractivity contribution in [3.63, 3.8) is 0 Å². The minimum Gasteiger partial charge on any atom is -0.328 e. The van der Waals surface area contributed by atoms with Crippen molar-refractivity contribution in [1.82, 2.24) is 4.90 Å². The number of hydrogen-bond donors (Lipinski definition) is 1. The molecule has 0 aliphatic carbocycles. The Morgan fingerprint density at radius 2 is 2.00 bits per heavy atom. The summed E-state index contributed by atoms with van der Waals surface area (Å²) >= 11 is 9.61. The molecule has 17 heavy (non-hydrogen) atoms. The molecule has 5 heteroatoms. The molecule has 96 valence electrons. The fraction of sp³-hybridized carbons (Fsp3) is 0.500. The predicted octanol–water partition coefficient (Wildman–Crippen LogP) is 3.45. The van der Waals surface area contributed by atoms with E-state index in [-0.39, 0.29) is 12.4 Å². The van der Waals surface area contributed by atoms with Crippen LogP contribution in [0.3, 0.4) is 0 Å². The van der Waals surface area contributed by atoms with Gasteiger partial charge in [0.15, 0.2) is 0 Å². The van der Waals surface area contributed by atoms with Crippen molar-refractivity contribution in [2.45, 2.75) is 25.4 Å². The first-order valence-corrected chi connectivity index (χ1v) is 6.74. The van der Waals surface area contributed by atoms with Gasteiger partial charge in [0.05, 0.1) is 0 Å². The van der Waals surface area contributed by atoms with Crippen molar-refractivity contribution in [3.8, 4) is 0 Å². The van der Waals surface area contributed by atoms with E-state index in [1.807, 2.05) is 12.1 Å². The number of likely N-dealkylation sites (tertiary alicyclic amines) is 1. The third-order valence-corrected chi connectivity index (χ3v) is 3.89. The Labute approximate surface area is 122 Å². The Morgan fingerprint density at radius 3 is 2.59 bits per heavy atom. The fourth-order valence-corrected chi connectivity index (χ4v) is 2.74. The van der Waals surface area contributed by atoms with Crippen molar-refractivity contribution in [2.24, 2.45) is 5.73 Å². The average Bonchev–Trinajstić information content (AvgIpc) is 2.25. The molecule has 0 bridgehead atoms. The Bertz CT molecular complexity index is 366. The van der Waals surface area contributed by atoms with Gasteiger partial charge >= 0.3 is 0 Å². The Morgan fingerprint density at radius 1 is 1.35 bits per heavy atom. The molecule has 1 aromatic carbocycles. The summed E-state index contributed by atoms with van der Waals surface area (Å²) in [4.78, 5) is 2.42. The van der Waals surface area contributed by atoms with Crippen LogP contribution in [0.5, 0.6) is 0 Å². The van der Waals surface area contributed by atoms with Gasteiger partial charge in [-0.15, -0.1) is 12.4 Å². The second-order valence-corrected chi connectivity index (χ2v) is 5.67. The summed E-state index contributed by atoms with van der Waals surface area (Å²) in [6.07, 6.45) is 2.18. The lowest BCUT2D eigenvalue weighted by molar-refractivity contribution is 0.205. The van der Waals surface area contributed by atoms with Gasteiger partial charge in [0.25, 0.3) is 0 Å². The van der Waals surface area contributed by atoms with Crippen LogP contribution >= 0.6 is 39.9 Å². The third-order valence-electron chi connectivity index (χ3n) is 3.04. The summed E-state index contributed by atoms with van der Waals surface area (Å²) in [5.74, 6) is 0. The highest BCUT2D eigenvalue weighted by Gasteiger charge is 2.16. The molecular weight excluding hydrogens is 323 g/mol. The molecule has 0 radical (unpaired) electrons. The molecule has 0 saturated carbocycles. The van der Waals surface area contributed by atoms with Crippen molar-refractivity contribution in [1.29, 1.82) is 0 Å². The van der Waals surface area contributed by atoms with E-state index < -0.39 is 0 Å². The predicted molar refractivity (Wildman–Crippen MR) is 78.9 cm³/mol. The van der Waals surface area contributed by atoms with E-state index in [4.69, 9.17) is 17.3 Å². The van der Waals surface area contributed by atoms with Crippen LogP contribution in [0, 0.1) is 0 Å². The van der Waals surface area contributed by atoms with E-state index in [1.165, 1.54) is 5.56 Å². The molecular formula is C12H17BrCl2N2. The lowest BCUT2D eigenvalue weighted by Crippen LogP contribution is -2.39. The highest BCUT2D eigenvalue weighted by Crippen LogP contribution is 2.23. The minimum atomic E-state index is 0. The maximum absolute atomic E-state index is 6.20. The molecule has 0 atom stereocenters. The van der Waals surface area contributed by atoms with Crippen LogP contribution in [-0.4, -0.2) is 24.0 Å². The van der Waals surface area contributed by atoms with Gasteiger partial charge in [-0.1, -0.05) is 33.6 Å². The number of nitrogens with two attached hydrogens (primary N) is 1. The fourth-order valence-electron chi connectivity index (χ4n) is 2.00. The molecule has 2 rings (SSSR count). The molecule has 0 spiro atoms. The summed E-state index contributed by atoms with van der Waals surface area (Å²) < 4.78 is 1.03. The van der Waals surface area contributed by atoms with Crippen LogP contribution in [0.1, 0.15) is 18.4 Å². The summed E-state index contributed by atoms with van der Waals surface area (Å²) in [7, 11) is 0. The highest BCUT2D eigenvalue weighted by molar-refractivity contribution is 9.10. The minimum absolute atomic E-state index is 0. The summed E-state index contributed by atoms with van der Waals surface area (Å²) in [6, 6.07) is 6.46. The van der Waals surface area contributed by atoms with Gasteiger partial charge < -0.3 is 5.73 Å². The molecule has 1 saturated heterocycles. The first-order chi connectivity index (χ1) is 7.65. The van der Waals surface area contributed by atoms with Crippen molar-refractivity contribution < 1.29 is 0 Å². The molecule has 1 heterocycles. The Balaban J connectivity index is 0.00000144. The molecule has 0 aromatic heterocycles. The van der Waals surface area contributed by atoms with Gasteiger partial charge in [-0.3, -0.25) is 4.90 Å².